The molecule has 0 aliphatic carbocycles. The fourth-order valence-corrected chi connectivity index (χ4v) is 2.86. The Hall–Kier alpha value is -4.20. The van der Waals surface area contributed by atoms with Gasteiger partial charge in [-0.1, -0.05) is 53.7 Å². The van der Waals surface area contributed by atoms with Gasteiger partial charge in [-0.2, -0.15) is 5.10 Å². The smallest absolute Gasteiger partial charge is 0.278 e. The summed E-state index contributed by atoms with van der Waals surface area (Å²) in [5.41, 5.74) is 1.95. The van der Waals surface area contributed by atoms with Crippen LogP contribution in [0.4, 0.5) is 11.4 Å². The Balaban J connectivity index is 1.54. The van der Waals surface area contributed by atoms with E-state index >= 15 is 0 Å². The van der Waals surface area contributed by atoms with Gasteiger partial charge >= 0.3 is 0 Å². The zero-order chi connectivity index (χ0) is 20.9. The highest BCUT2D eigenvalue weighted by Crippen LogP contribution is 2.21. The van der Waals surface area contributed by atoms with Crippen molar-refractivity contribution in [3.8, 4) is 11.3 Å². The number of rotatable bonds is 6. The van der Waals surface area contributed by atoms with Crippen LogP contribution in [0.25, 0.3) is 11.3 Å². The molecule has 2 N–H and O–H groups in total. The standard InChI is InChI=1S/C22H19N5O3/c1-2-27-14-18(20(25-27)22(29)23-16-11-7-4-8-12-16)24-21(28)17-13-19(30-26-17)15-9-5-3-6-10-15/h3-14H,2H2,1H3,(H,23,29)(H,24,28). The quantitative estimate of drug-likeness (QED) is 0.507. The Morgan fingerprint density at radius 2 is 1.67 bits per heavy atom. The molecule has 4 aromatic rings. The molecule has 150 valence electrons. The number of aromatic nitrogens is 3. The number of aryl methyl sites for hydroxylation is 1. The normalized spacial score (nSPS) is 10.6. The molecule has 2 aromatic heterocycles. The maximum absolute atomic E-state index is 12.7. The van der Waals surface area contributed by atoms with Crippen LogP contribution in [0.5, 0.6) is 0 Å². The molecule has 2 heterocycles. The number of nitrogens with one attached hydrogen (secondary N) is 2. The van der Waals surface area contributed by atoms with Crippen molar-refractivity contribution in [1.29, 1.82) is 0 Å². The summed E-state index contributed by atoms with van der Waals surface area (Å²) in [6, 6.07) is 19.9. The second kappa shape index (κ2) is 8.44. The van der Waals surface area contributed by atoms with Crippen molar-refractivity contribution in [2.24, 2.45) is 0 Å². The number of hydrogen-bond acceptors (Lipinski definition) is 5. The molecule has 8 heteroatoms. The third-order valence-electron chi connectivity index (χ3n) is 4.38. The van der Waals surface area contributed by atoms with Crippen LogP contribution >= 0.6 is 0 Å². The van der Waals surface area contributed by atoms with Gasteiger partial charge in [-0.15, -0.1) is 0 Å². The maximum Gasteiger partial charge on any atom is 0.278 e. The van der Waals surface area contributed by atoms with E-state index in [-0.39, 0.29) is 11.4 Å². The van der Waals surface area contributed by atoms with Gasteiger partial charge in [0.1, 0.15) is 0 Å². The average molecular weight is 401 g/mol. The third kappa shape index (κ3) is 4.12. The van der Waals surface area contributed by atoms with Crippen LogP contribution in [-0.4, -0.2) is 26.8 Å². The highest BCUT2D eigenvalue weighted by atomic mass is 16.5. The van der Waals surface area contributed by atoms with Crippen molar-refractivity contribution < 1.29 is 14.1 Å². The Morgan fingerprint density at radius 1 is 0.967 bits per heavy atom. The van der Waals surface area contributed by atoms with Gasteiger partial charge in [-0.25, -0.2) is 0 Å². The van der Waals surface area contributed by atoms with E-state index in [0.29, 0.717) is 23.7 Å². The number of anilines is 2. The summed E-state index contributed by atoms with van der Waals surface area (Å²) in [6.07, 6.45) is 1.61. The molecular weight excluding hydrogens is 382 g/mol. The van der Waals surface area contributed by atoms with Crippen molar-refractivity contribution >= 4 is 23.2 Å². The van der Waals surface area contributed by atoms with Crippen molar-refractivity contribution in [2.45, 2.75) is 13.5 Å². The minimum Gasteiger partial charge on any atom is -0.355 e. The number of benzene rings is 2. The van der Waals surface area contributed by atoms with Crippen LogP contribution in [0, 0.1) is 0 Å². The van der Waals surface area contributed by atoms with Gasteiger partial charge in [0.2, 0.25) is 0 Å². The predicted molar refractivity (Wildman–Crippen MR) is 112 cm³/mol. The monoisotopic (exact) mass is 401 g/mol. The first-order valence-electron chi connectivity index (χ1n) is 9.41. The van der Waals surface area contributed by atoms with E-state index in [0.717, 1.165) is 5.56 Å². The van der Waals surface area contributed by atoms with Gasteiger partial charge in [0.15, 0.2) is 17.1 Å². The average Bonchev–Trinajstić information content (AvgIpc) is 3.43. The van der Waals surface area contributed by atoms with Crippen LogP contribution in [0.3, 0.4) is 0 Å². The molecule has 0 spiro atoms. The molecule has 0 bridgehead atoms. The summed E-state index contributed by atoms with van der Waals surface area (Å²) in [6.45, 7) is 2.44. The molecule has 30 heavy (non-hydrogen) atoms. The van der Waals surface area contributed by atoms with Crippen LogP contribution in [0.2, 0.25) is 0 Å². The molecule has 2 amide bonds. The summed E-state index contributed by atoms with van der Waals surface area (Å²) in [4.78, 5) is 25.4. The lowest BCUT2D eigenvalue weighted by Crippen LogP contribution is -2.18. The zero-order valence-electron chi connectivity index (χ0n) is 16.2. The van der Waals surface area contributed by atoms with E-state index in [9.17, 15) is 9.59 Å². The first-order valence-corrected chi connectivity index (χ1v) is 9.41. The Kier molecular flexibility index (Phi) is 5.38. The van der Waals surface area contributed by atoms with E-state index in [4.69, 9.17) is 4.52 Å². The van der Waals surface area contributed by atoms with Gasteiger partial charge in [-0.05, 0) is 19.1 Å². The second-order valence-corrected chi connectivity index (χ2v) is 6.46. The number of carbonyl (C=O) groups is 2. The van der Waals surface area contributed by atoms with Crippen molar-refractivity contribution in [3.05, 3.63) is 84.3 Å². The van der Waals surface area contributed by atoms with E-state index in [1.807, 2.05) is 55.5 Å². The molecular formula is C22H19N5O3. The van der Waals surface area contributed by atoms with E-state index < -0.39 is 11.8 Å². The first-order chi connectivity index (χ1) is 14.6. The van der Waals surface area contributed by atoms with Gasteiger partial charge in [0.25, 0.3) is 11.8 Å². The summed E-state index contributed by atoms with van der Waals surface area (Å²) in [5, 5.41) is 13.6. The minimum atomic E-state index is -0.495. The number of carbonyl (C=O) groups excluding carboxylic acids is 2. The second-order valence-electron chi connectivity index (χ2n) is 6.46. The lowest BCUT2D eigenvalue weighted by Gasteiger charge is -2.05. The molecule has 0 saturated heterocycles. The molecule has 0 fully saturated rings. The lowest BCUT2D eigenvalue weighted by atomic mass is 10.1. The van der Waals surface area contributed by atoms with E-state index in [2.05, 4.69) is 20.9 Å². The molecule has 8 nitrogen and oxygen atoms in total. The molecule has 0 radical (unpaired) electrons. The topological polar surface area (TPSA) is 102 Å². The minimum absolute atomic E-state index is 0.104. The van der Waals surface area contributed by atoms with Crippen LogP contribution < -0.4 is 10.6 Å². The fourth-order valence-electron chi connectivity index (χ4n) is 2.86. The maximum atomic E-state index is 12.7. The number of para-hydroxylation sites is 1. The number of amides is 2. The van der Waals surface area contributed by atoms with Crippen molar-refractivity contribution in [3.63, 3.8) is 0 Å². The highest BCUT2D eigenvalue weighted by Gasteiger charge is 2.21. The van der Waals surface area contributed by atoms with Gasteiger partial charge in [-0.3, -0.25) is 14.3 Å². The molecule has 0 saturated carbocycles. The summed E-state index contributed by atoms with van der Waals surface area (Å²) in [5.74, 6) is -0.439. The Morgan fingerprint density at radius 3 is 2.37 bits per heavy atom. The predicted octanol–water partition coefficient (Wildman–Crippen LogP) is 4.06. The van der Waals surface area contributed by atoms with E-state index in [1.54, 1.807) is 29.1 Å². The van der Waals surface area contributed by atoms with Gasteiger partial charge in [0.05, 0.1) is 5.69 Å². The zero-order valence-corrected chi connectivity index (χ0v) is 16.2. The van der Waals surface area contributed by atoms with Crippen LogP contribution in [0.1, 0.15) is 27.9 Å². The Bertz CT molecular complexity index is 1170. The molecule has 0 aliphatic heterocycles. The molecule has 0 unspecified atom stereocenters. The van der Waals surface area contributed by atoms with Gasteiger partial charge < -0.3 is 15.2 Å². The van der Waals surface area contributed by atoms with Crippen LogP contribution in [-0.2, 0) is 6.54 Å². The molecule has 0 atom stereocenters. The van der Waals surface area contributed by atoms with Crippen molar-refractivity contribution in [2.75, 3.05) is 10.6 Å². The fraction of sp³-hybridized carbons (Fsp3) is 0.0909. The summed E-state index contributed by atoms with van der Waals surface area (Å²) in [7, 11) is 0. The molecule has 0 aliphatic rings. The molecule has 4 rings (SSSR count). The van der Waals surface area contributed by atoms with Crippen LogP contribution in [0.15, 0.2) is 77.4 Å². The summed E-state index contributed by atoms with van der Waals surface area (Å²) >= 11 is 0. The number of hydrogen-bond donors (Lipinski definition) is 2. The Labute approximate surface area is 172 Å². The largest absolute Gasteiger partial charge is 0.355 e. The summed E-state index contributed by atoms with van der Waals surface area (Å²) < 4.78 is 6.86. The SMILES string of the molecule is CCn1cc(NC(=O)c2cc(-c3ccccc3)on2)c(C(=O)Nc2ccccc2)n1. The lowest BCUT2D eigenvalue weighted by molar-refractivity contribution is 0.101. The highest BCUT2D eigenvalue weighted by molar-refractivity contribution is 6.11. The number of nitrogens with zero attached hydrogens (tertiary/aromatic N) is 3. The third-order valence-corrected chi connectivity index (χ3v) is 4.38. The molecule has 2 aromatic carbocycles. The van der Waals surface area contributed by atoms with E-state index in [1.165, 1.54) is 0 Å². The van der Waals surface area contributed by atoms with Gasteiger partial charge in [0, 0.05) is 30.1 Å². The first kappa shape index (κ1) is 19.1. The van der Waals surface area contributed by atoms with Crippen molar-refractivity contribution in [1.82, 2.24) is 14.9 Å².